The third-order valence-electron chi connectivity index (χ3n) is 4.94. The second-order valence-electron chi connectivity index (χ2n) is 6.93. The molecule has 7 nitrogen and oxygen atoms in total. The Morgan fingerprint density at radius 3 is 2.61 bits per heavy atom. The number of benzene rings is 3. The van der Waals surface area contributed by atoms with Gasteiger partial charge in [0.15, 0.2) is 0 Å². The number of rotatable bonds is 7. The molecule has 8 heteroatoms. The molecular weight excluding hydrogens is 399 g/mol. The molecule has 0 bridgehead atoms. The van der Waals surface area contributed by atoms with Crippen LogP contribution in [0, 0.1) is 5.82 Å². The minimum absolute atomic E-state index is 0.285. The molecule has 0 unspecified atom stereocenters. The van der Waals surface area contributed by atoms with Gasteiger partial charge in [0.25, 0.3) is 5.91 Å². The molecule has 0 aliphatic carbocycles. The smallest absolute Gasteiger partial charge is 0.274 e. The average Bonchev–Trinajstić information content (AvgIpc) is 3.22. The largest absolute Gasteiger partial charge is 0.383 e. The van der Waals surface area contributed by atoms with Crippen LogP contribution in [-0.4, -0.2) is 41.3 Å². The minimum atomic E-state index is -0.580. The number of amides is 1. The highest BCUT2D eigenvalue weighted by Gasteiger charge is 2.15. The zero-order chi connectivity index (χ0) is 21.8. The molecule has 0 aliphatic rings. The maximum Gasteiger partial charge on any atom is 0.274 e. The molecule has 4 aromatic rings. The number of aromatic nitrogens is 2. The first kappa shape index (κ1) is 20.5. The Bertz CT molecular complexity index is 1210. The molecule has 0 atom stereocenters. The van der Waals surface area contributed by atoms with E-state index in [-0.39, 0.29) is 5.82 Å². The first-order chi connectivity index (χ1) is 15.1. The Morgan fingerprint density at radius 2 is 1.90 bits per heavy atom. The average molecular weight is 420 g/mol. The van der Waals surface area contributed by atoms with E-state index in [0.29, 0.717) is 24.7 Å². The summed E-state index contributed by atoms with van der Waals surface area (Å²) in [4.78, 5) is 21.5. The lowest BCUT2D eigenvalue weighted by Crippen LogP contribution is -2.23. The van der Waals surface area contributed by atoms with Crippen molar-refractivity contribution in [3.8, 4) is 11.1 Å². The van der Waals surface area contributed by atoms with E-state index in [0.717, 1.165) is 27.8 Å². The SMILES string of the molecule is COCCN(c1ccc(C(=O)NO)cc1)c1nc2ccc(-c3cccc(F)c3)cc2[nH]1. The number of nitrogens with one attached hydrogen (secondary N) is 2. The monoisotopic (exact) mass is 420 g/mol. The fourth-order valence-corrected chi connectivity index (χ4v) is 3.37. The van der Waals surface area contributed by atoms with E-state index in [1.165, 1.54) is 12.1 Å². The molecule has 1 amide bonds. The molecule has 1 heterocycles. The number of imidazole rings is 1. The van der Waals surface area contributed by atoms with Crippen LogP contribution < -0.4 is 10.4 Å². The van der Waals surface area contributed by atoms with Crippen molar-refractivity contribution in [2.75, 3.05) is 25.2 Å². The maximum atomic E-state index is 13.6. The van der Waals surface area contributed by atoms with E-state index >= 15 is 0 Å². The Labute approximate surface area is 178 Å². The first-order valence-electron chi connectivity index (χ1n) is 9.66. The number of methoxy groups -OCH3 is 1. The standard InChI is InChI=1S/C23H21FN4O3/c1-31-12-11-28(19-8-5-15(6-9-19)22(29)27-30)23-25-20-10-7-17(14-21(20)26-23)16-3-2-4-18(24)13-16/h2-10,13-14,30H,11-12H2,1H3,(H,25,26)(H,27,29). The van der Waals surface area contributed by atoms with Gasteiger partial charge in [-0.25, -0.2) is 14.9 Å². The number of H-pyrrole nitrogens is 1. The van der Waals surface area contributed by atoms with Crippen LogP contribution in [0.3, 0.4) is 0 Å². The number of aromatic amines is 1. The van der Waals surface area contributed by atoms with Gasteiger partial charge >= 0.3 is 0 Å². The van der Waals surface area contributed by atoms with Gasteiger partial charge in [-0.3, -0.25) is 10.0 Å². The highest BCUT2D eigenvalue weighted by atomic mass is 19.1. The highest BCUT2D eigenvalue weighted by molar-refractivity contribution is 5.93. The highest BCUT2D eigenvalue weighted by Crippen LogP contribution is 2.28. The fourth-order valence-electron chi connectivity index (χ4n) is 3.37. The zero-order valence-corrected chi connectivity index (χ0v) is 16.8. The van der Waals surface area contributed by atoms with Crippen molar-refractivity contribution < 1.29 is 19.1 Å². The van der Waals surface area contributed by atoms with Crippen LogP contribution in [0.4, 0.5) is 16.0 Å². The van der Waals surface area contributed by atoms with Crippen molar-refractivity contribution in [1.29, 1.82) is 0 Å². The molecule has 0 fully saturated rings. The summed E-state index contributed by atoms with van der Waals surface area (Å²) in [5, 5.41) is 8.80. The van der Waals surface area contributed by atoms with Gasteiger partial charge in [-0.15, -0.1) is 0 Å². The van der Waals surface area contributed by atoms with Crippen molar-refractivity contribution in [3.05, 3.63) is 78.1 Å². The summed E-state index contributed by atoms with van der Waals surface area (Å²) in [5.41, 5.74) is 6.01. The number of halogens is 1. The lowest BCUT2D eigenvalue weighted by molar-refractivity contribution is 0.0706. The fraction of sp³-hybridized carbons (Fsp3) is 0.130. The van der Waals surface area contributed by atoms with Crippen LogP contribution in [0.25, 0.3) is 22.2 Å². The van der Waals surface area contributed by atoms with E-state index in [1.54, 1.807) is 42.9 Å². The first-order valence-corrected chi connectivity index (χ1v) is 9.66. The van der Waals surface area contributed by atoms with E-state index in [4.69, 9.17) is 9.94 Å². The quantitative estimate of drug-likeness (QED) is 0.307. The van der Waals surface area contributed by atoms with Gasteiger partial charge in [-0.1, -0.05) is 18.2 Å². The number of fused-ring (bicyclic) bond motifs is 1. The Morgan fingerprint density at radius 1 is 1.13 bits per heavy atom. The van der Waals surface area contributed by atoms with Crippen LogP contribution >= 0.6 is 0 Å². The van der Waals surface area contributed by atoms with Crippen LogP contribution in [0.1, 0.15) is 10.4 Å². The molecule has 4 rings (SSSR count). The number of carbonyl (C=O) groups is 1. The number of hydrogen-bond acceptors (Lipinski definition) is 5. The summed E-state index contributed by atoms with van der Waals surface area (Å²) in [6, 6.07) is 18.9. The minimum Gasteiger partial charge on any atom is -0.383 e. The van der Waals surface area contributed by atoms with E-state index in [1.807, 2.05) is 29.2 Å². The number of anilines is 2. The van der Waals surface area contributed by atoms with Crippen LogP contribution in [0.15, 0.2) is 66.7 Å². The van der Waals surface area contributed by atoms with E-state index in [2.05, 4.69) is 9.97 Å². The molecule has 3 aromatic carbocycles. The van der Waals surface area contributed by atoms with Crippen LogP contribution in [-0.2, 0) is 4.74 Å². The molecule has 158 valence electrons. The van der Waals surface area contributed by atoms with Gasteiger partial charge in [-0.05, 0) is 59.7 Å². The van der Waals surface area contributed by atoms with Gasteiger partial charge < -0.3 is 14.6 Å². The molecule has 0 saturated heterocycles. The number of nitrogens with zero attached hydrogens (tertiary/aromatic N) is 2. The molecule has 0 radical (unpaired) electrons. The Kier molecular flexibility index (Phi) is 5.92. The van der Waals surface area contributed by atoms with Crippen molar-refractivity contribution in [2.45, 2.75) is 0 Å². The van der Waals surface area contributed by atoms with E-state index in [9.17, 15) is 9.18 Å². The molecule has 31 heavy (non-hydrogen) atoms. The third-order valence-corrected chi connectivity index (χ3v) is 4.94. The summed E-state index contributed by atoms with van der Waals surface area (Å²) in [6.45, 7) is 0.989. The molecule has 0 aliphatic heterocycles. The van der Waals surface area contributed by atoms with Crippen LogP contribution in [0.2, 0.25) is 0 Å². The zero-order valence-electron chi connectivity index (χ0n) is 16.8. The summed E-state index contributed by atoms with van der Waals surface area (Å²) >= 11 is 0. The lowest BCUT2D eigenvalue weighted by Gasteiger charge is -2.21. The Hall–Kier alpha value is -3.75. The summed E-state index contributed by atoms with van der Waals surface area (Å²) in [7, 11) is 1.62. The molecular formula is C23H21FN4O3. The number of carbonyl (C=O) groups excluding carboxylic acids is 1. The van der Waals surface area contributed by atoms with Crippen LogP contribution in [0.5, 0.6) is 0 Å². The van der Waals surface area contributed by atoms with Gasteiger partial charge in [-0.2, -0.15) is 0 Å². The van der Waals surface area contributed by atoms with Gasteiger partial charge in [0.2, 0.25) is 5.95 Å². The maximum absolute atomic E-state index is 13.6. The normalized spacial score (nSPS) is 10.9. The molecule has 0 spiro atoms. The van der Waals surface area contributed by atoms with Gasteiger partial charge in [0, 0.05) is 24.9 Å². The van der Waals surface area contributed by atoms with Gasteiger partial charge in [0.05, 0.1) is 17.6 Å². The number of ether oxygens (including phenoxy) is 1. The lowest BCUT2D eigenvalue weighted by atomic mass is 10.1. The second-order valence-corrected chi connectivity index (χ2v) is 6.93. The van der Waals surface area contributed by atoms with E-state index < -0.39 is 5.91 Å². The molecule has 3 N–H and O–H groups in total. The number of hydrogen-bond donors (Lipinski definition) is 3. The van der Waals surface area contributed by atoms with Crippen molar-refractivity contribution in [2.24, 2.45) is 0 Å². The topological polar surface area (TPSA) is 90.5 Å². The second kappa shape index (κ2) is 8.95. The summed E-state index contributed by atoms with van der Waals surface area (Å²) in [5.74, 6) is -0.252. The number of hydroxylamine groups is 1. The van der Waals surface area contributed by atoms with Crippen molar-refractivity contribution in [3.63, 3.8) is 0 Å². The van der Waals surface area contributed by atoms with Gasteiger partial charge in [0.1, 0.15) is 5.82 Å². The molecule has 1 aromatic heterocycles. The van der Waals surface area contributed by atoms with Crippen molar-refractivity contribution in [1.82, 2.24) is 15.4 Å². The third kappa shape index (κ3) is 4.40. The van der Waals surface area contributed by atoms with Crippen molar-refractivity contribution >= 4 is 28.6 Å². The predicted molar refractivity (Wildman–Crippen MR) is 116 cm³/mol. The predicted octanol–water partition coefficient (Wildman–Crippen LogP) is 4.27. The molecule has 0 saturated carbocycles. The Balaban J connectivity index is 1.69. The summed E-state index contributed by atoms with van der Waals surface area (Å²) in [6.07, 6.45) is 0. The summed E-state index contributed by atoms with van der Waals surface area (Å²) < 4.78 is 18.8.